The van der Waals surface area contributed by atoms with E-state index in [4.69, 9.17) is 0 Å². The summed E-state index contributed by atoms with van der Waals surface area (Å²) in [5.41, 5.74) is 0.824. The molecule has 3 heteroatoms. The molecule has 98 valence electrons. The van der Waals surface area contributed by atoms with Crippen LogP contribution in [0, 0.1) is 5.82 Å². The number of hydrogen-bond acceptors (Lipinski definition) is 2. The van der Waals surface area contributed by atoms with Crippen molar-refractivity contribution in [3.63, 3.8) is 0 Å². The first-order chi connectivity index (χ1) is 8.74. The van der Waals surface area contributed by atoms with Gasteiger partial charge < -0.3 is 5.32 Å². The molecule has 2 unspecified atom stereocenters. The zero-order valence-electron chi connectivity index (χ0n) is 10.9. The van der Waals surface area contributed by atoms with E-state index in [1.165, 1.54) is 19.3 Å². The van der Waals surface area contributed by atoms with Crippen LogP contribution >= 0.6 is 0 Å². The molecule has 1 N–H and O–H groups in total. The van der Waals surface area contributed by atoms with Crippen molar-refractivity contribution in [3.05, 3.63) is 35.6 Å². The normalized spacial score (nSPS) is 26.4. The predicted molar refractivity (Wildman–Crippen MR) is 71.0 cm³/mol. The van der Waals surface area contributed by atoms with Gasteiger partial charge in [0.15, 0.2) is 0 Å². The van der Waals surface area contributed by atoms with Gasteiger partial charge in [0.05, 0.1) is 0 Å². The minimum atomic E-state index is -0.0800. The van der Waals surface area contributed by atoms with Gasteiger partial charge in [-0.25, -0.2) is 4.39 Å². The Bertz CT molecular complexity index is 417. The average Bonchev–Trinajstić information content (AvgIpc) is 3.05. The first kappa shape index (κ1) is 12.1. The van der Waals surface area contributed by atoms with Gasteiger partial charge in [0.1, 0.15) is 5.82 Å². The summed E-state index contributed by atoms with van der Waals surface area (Å²) in [6.07, 6.45) is 3.86. The molecule has 0 aromatic heterocycles. The number of benzene rings is 1. The fourth-order valence-corrected chi connectivity index (χ4v) is 2.87. The van der Waals surface area contributed by atoms with E-state index in [0.717, 1.165) is 24.7 Å². The molecule has 1 aromatic carbocycles. The van der Waals surface area contributed by atoms with Crippen molar-refractivity contribution in [2.45, 2.75) is 44.3 Å². The molecule has 1 saturated heterocycles. The highest BCUT2D eigenvalue weighted by molar-refractivity contribution is 5.21. The molecule has 18 heavy (non-hydrogen) atoms. The molecule has 2 nitrogen and oxygen atoms in total. The molecule has 2 aliphatic rings. The molecule has 3 rings (SSSR count). The van der Waals surface area contributed by atoms with E-state index in [1.54, 1.807) is 12.1 Å². The molecule has 0 spiro atoms. The molecule has 0 amide bonds. The van der Waals surface area contributed by atoms with Crippen LogP contribution in [-0.4, -0.2) is 30.1 Å². The third-order valence-electron chi connectivity index (χ3n) is 4.17. The van der Waals surface area contributed by atoms with Crippen LogP contribution in [-0.2, 0) is 0 Å². The SMILES string of the molecule is CC(c1ccccc1F)N1CCC(NC2CC2)C1. The van der Waals surface area contributed by atoms with E-state index in [9.17, 15) is 4.39 Å². The molecule has 1 aliphatic carbocycles. The van der Waals surface area contributed by atoms with Crippen molar-refractivity contribution in [1.82, 2.24) is 10.2 Å². The van der Waals surface area contributed by atoms with Crippen molar-refractivity contribution >= 4 is 0 Å². The maximum atomic E-state index is 13.8. The second-order valence-electron chi connectivity index (χ2n) is 5.62. The van der Waals surface area contributed by atoms with Crippen LogP contribution in [0.4, 0.5) is 4.39 Å². The molecule has 2 fully saturated rings. The third kappa shape index (κ3) is 2.57. The lowest BCUT2D eigenvalue weighted by molar-refractivity contribution is 0.250. The zero-order valence-corrected chi connectivity index (χ0v) is 10.9. The van der Waals surface area contributed by atoms with E-state index in [0.29, 0.717) is 6.04 Å². The number of likely N-dealkylation sites (tertiary alicyclic amines) is 1. The molecule has 0 radical (unpaired) electrons. The van der Waals surface area contributed by atoms with Crippen LogP contribution in [0.2, 0.25) is 0 Å². The van der Waals surface area contributed by atoms with E-state index in [-0.39, 0.29) is 11.9 Å². The second-order valence-corrected chi connectivity index (χ2v) is 5.62. The Morgan fingerprint density at radius 2 is 2.00 bits per heavy atom. The van der Waals surface area contributed by atoms with Gasteiger partial charge in [0.2, 0.25) is 0 Å². The Balaban J connectivity index is 1.63. The number of nitrogens with one attached hydrogen (secondary N) is 1. The van der Waals surface area contributed by atoms with Gasteiger partial charge >= 0.3 is 0 Å². The summed E-state index contributed by atoms with van der Waals surface area (Å²) in [6.45, 7) is 4.23. The quantitative estimate of drug-likeness (QED) is 0.881. The standard InChI is InChI=1S/C15H21FN2/c1-11(14-4-2-3-5-15(14)16)18-9-8-13(10-18)17-12-6-7-12/h2-5,11-13,17H,6-10H2,1H3. The summed E-state index contributed by atoms with van der Waals surface area (Å²) >= 11 is 0. The highest BCUT2D eigenvalue weighted by Crippen LogP contribution is 2.28. The number of rotatable bonds is 4. The highest BCUT2D eigenvalue weighted by Gasteiger charge is 2.31. The largest absolute Gasteiger partial charge is 0.310 e. The molecule has 1 aliphatic heterocycles. The summed E-state index contributed by atoms with van der Waals surface area (Å²) in [6, 6.07) is 8.68. The Morgan fingerprint density at radius 3 is 2.72 bits per heavy atom. The molecule has 2 atom stereocenters. The van der Waals surface area contributed by atoms with E-state index >= 15 is 0 Å². The molecule has 1 heterocycles. The van der Waals surface area contributed by atoms with Crippen molar-refractivity contribution in [2.24, 2.45) is 0 Å². The summed E-state index contributed by atoms with van der Waals surface area (Å²) < 4.78 is 13.8. The Kier molecular flexibility index (Phi) is 3.35. The molecular weight excluding hydrogens is 227 g/mol. The molecule has 1 saturated carbocycles. The van der Waals surface area contributed by atoms with Crippen molar-refractivity contribution < 1.29 is 4.39 Å². The lowest BCUT2D eigenvalue weighted by Gasteiger charge is -2.25. The van der Waals surface area contributed by atoms with Crippen LogP contribution in [0.5, 0.6) is 0 Å². The van der Waals surface area contributed by atoms with Gasteiger partial charge in [0.25, 0.3) is 0 Å². The van der Waals surface area contributed by atoms with Crippen LogP contribution < -0.4 is 5.32 Å². The number of nitrogens with zero attached hydrogens (tertiary/aromatic N) is 1. The average molecular weight is 248 g/mol. The summed E-state index contributed by atoms with van der Waals surface area (Å²) in [5, 5.41) is 3.67. The van der Waals surface area contributed by atoms with Crippen LogP contribution in [0.25, 0.3) is 0 Å². The summed E-state index contributed by atoms with van der Waals surface area (Å²) in [7, 11) is 0. The van der Waals surface area contributed by atoms with Crippen LogP contribution in [0.3, 0.4) is 0 Å². The monoisotopic (exact) mass is 248 g/mol. The summed E-state index contributed by atoms with van der Waals surface area (Å²) in [5.74, 6) is -0.0800. The van der Waals surface area contributed by atoms with Crippen LogP contribution in [0.15, 0.2) is 24.3 Å². The predicted octanol–water partition coefficient (Wildman–Crippen LogP) is 2.71. The minimum Gasteiger partial charge on any atom is -0.310 e. The second kappa shape index (κ2) is 4.98. The fourth-order valence-electron chi connectivity index (χ4n) is 2.87. The maximum absolute atomic E-state index is 13.8. The van der Waals surface area contributed by atoms with Crippen molar-refractivity contribution in [1.29, 1.82) is 0 Å². The Labute approximate surface area is 108 Å². The minimum absolute atomic E-state index is 0.0800. The van der Waals surface area contributed by atoms with Gasteiger partial charge in [-0.05, 0) is 32.3 Å². The Morgan fingerprint density at radius 1 is 1.22 bits per heavy atom. The lowest BCUT2D eigenvalue weighted by atomic mass is 10.1. The molecule has 1 aromatic rings. The van der Waals surface area contributed by atoms with Crippen molar-refractivity contribution in [2.75, 3.05) is 13.1 Å². The first-order valence-electron chi connectivity index (χ1n) is 6.98. The van der Waals surface area contributed by atoms with E-state index < -0.39 is 0 Å². The maximum Gasteiger partial charge on any atom is 0.127 e. The number of halogens is 1. The van der Waals surface area contributed by atoms with E-state index in [1.807, 2.05) is 12.1 Å². The van der Waals surface area contributed by atoms with Crippen LogP contribution in [0.1, 0.15) is 37.8 Å². The topological polar surface area (TPSA) is 15.3 Å². The Hall–Kier alpha value is -0.930. The fraction of sp³-hybridized carbons (Fsp3) is 0.600. The number of hydrogen-bond donors (Lipinski definition) is 1. The molecular formula is C15H21FN2. The van der Waals surface area contributed by atoms with Gasteiger partial charge in [0, 0.05) is 36.8 Å². The van der Waals surface area contributed by atoms with Crippen molar-refractivity contribution in [3.8, 4) is 0 Å². The lowest BCUT2D eigenvalue weighted by Crippen LogP contribution is -2.34. The first-order valence-corrected chi connectivity index (χ1v) is 6.98. The smallest absolute Gasteiger partial charge is 0.127 e. The third-order valence-corrected chi connectivity index (χ3v) is 4.17. The summed E-state index contributed by atoms with van der Waals surface area (Å²) in [4.78, 5) is 2.39. The van der Waals surface area contributed by atoms with Gasteiger partial charge in [-0.1, -0.05) is 18.2 Å². The van der Waals surface area contributed by atoms with Gasteiger partial charge in [-0.15, -0.1) is 0 Å². The highest BCUT2D eigenvalue weighted by atomic mass is 19.1. The van der Waals surface area contributed by atoms with Gasteiger partial charge in [-0.3, -0.25) is 4.90 Å². The van der Waals surface area contributed by atoms with E-state index in [2.05, 4.69) is 17.1 Å². The molecule has 0 bridgehead atoms. The van der Waals surface area contributed by atoms with Gasteiger partial charge in [-0.2, -0.15) is 0 Å². The zero-order chi connectivity index (χ0) is 12.5.